The topological polar surface area (TPSA) is 117 Å². The number of aliphatic hydroxyl groups is 1. The van der Waals surface area contributed by atoms with Crippen LogP contribution in [0.3, 0.4) is 0 Å². The summed E-state index contributed by atoms with van der Waals surface area (Å²) in [6.45, 7) is 6.04. The maximum Gasteiger partial charge on any atom is 0.229 e. The second-order valence-corrected chi connectivity index (χ2v) is 7.80. The Labute approximate surface area is 184 Å². The molecule has 1 amide bonds. The summed E-state index contributed by atoms with van der Waals surface area (Å²) in [5.41, 5.74) is 2.89. The molecule has 1 atom stereocenters. The van der Waals surface area contributed by atoms with Crippen LogP contribution in [0.4, 0.5) is 17.3 Å². The van der Waals surface area contributed by atoms with Gasteiger partial charge in [0.1, 0.15) is 11.6 Å². The third-order valence-corrected chi connectivity index (χ3v) is 5.60. The summed E-state index contributed by atoms with van der Waals surface area (Å²) in [5.74, 6) is 1.17. The molecule has 10 nitrogen and oxygen atoms in total. The van der Waals surface area contributed by atoms with E-state index in [-0.39, 0.29) is 5.91 Å². The number of aliphatic hydroxyl groups excluding tert-OH is 1. The van der Waals surface area contributed by atoms with E-state index < -0.39 is 6.23 Å². The molecule has 1 fully saturated rings. The third kappa shape index (κ3) is 4.02. The van der Waals surface area contributed by atoms with Crippen LogP contribution in [0.25, 0.3) is 10.9 Å². The summed E-state index contributed by atoms with van der Waals surface area (Å²) in [7, 11) is 0. The van der Waals surface area contributed by atoms with Gasteiger partial charge in [-0.25, -0.2) is 15.0 Å². The molecule has 32 heavy (non-hydrogen) atoms. The average molecular weight is 435 g/mol. The number of amides is 1. The Hall–Kier alpha value is -3.50. The van der Waals surface area contributed by atoms with E-state index in [0.717, 1.165) is 48.6 Å². The van der Waals surface area contributed by atoms with Crippen LogP contribution in [-0.2, 0) is 16.1 Å². The number of fused-ring (bicyclic) bond motifs is 3. The van der Waals surface area contributed by atoms with E-state index in [0.29, 0.717) is 30.2 Å². The zero-order valence-electron chi connectivity index (χ0n) is 17.8. The Morgan fingerprint density at radius 2 is 2.09 bits per heavy atom. The summed E-state index contributed by atoms with van der Waals surface area (Å²) in [4.78, 5) is 26.9. The maximum atomic E-state index is 11.2. The zero-order chi connectivity index (χ0) is 22.1. The van der Waals surface area contributed by atoms with Crippen molar-refractivity contribution in [1.29, 1.82) is 0 Å². The lowest BCUT2D eigenvalue weighted by molar-refractivity contribution is -0.114. The second kappa shape index (κ2) is 8.56. The number of pyridine rings is 1. The van der Waals surface area contributed by atoms with Gasteiger partial charge in [-0.2, -0.15) is 0 Å². The molecule has 5 rings (SSSR count). The van der Waals surface area contributed by atoms with Gasteiger partial charge in [0, 0.05) is 55.9 Å². The second-order valence-electron chi connectivity index (χ2n) is 7.80. The van der Waals surface area contributed by atoms with E-state index >= 15 is 0 Å². The number of nitrogens with one attached hydrogen (secondary N) is 2. The number of benzene rings is 1. The number of carbonyl (C=O) groups excluding carboxylic acids is 1. The highest BCUT2D eigenvalue weighted by Crippen LogP contribution is 2.27. The first kappa shape index (κ1) is 20.4. The number of nitrogens with zero attached hydrogens (tertiary/aromatic N) is 5. The van der Waals surface area contributed by atoms with Crippen LogP contribution in [0.2, 0.25) is 0 Å². The molecule has 4 heterocycles. The molecule has 0 aliphatic carbocycles. The van der Waals surface area contributed by atoms with Crippen LogP contribution >= 0.6 is 0 Å². The Balaban J connectivity index is 1.52. The standard InChI is InChI=1S/C22H25N7O3/c1-14(30)25-19-5-2-15(13-24-19)21(31)27-22-26-18-12-16(28-8-10-32-11-9-28)3-4-17(18)20-23-6-7-29(20)22/h2-5,12-13,21,23,31H,6-11H2,1H3,(H,24,25,30). The molecule has 3 aromatic rings. The number of hydrogen-bond acceptors (Lipinski definition) is 8. The highest BCUT2D eigenvalue weighted by atomic mass is 16.5. The van der Waals surface area contributed by atoms with Crippen molar-refractivity contribution in [3.63, 3.8) is 0 Å². The normalized spacial score (nSPS) is 17.2. The molecule has 2 aliphatic heterocycles. The molecule has 2 aromatic heterocycles. The number of morpholine rings is 1. The number of ether oxygens (including phenoxy) is 1. The molecule has 0 saturated carbocycles. The molecule has 166 valence electrons. The minimum Gasteiger partial charge on any atom is -0.378 e. The molecule has 10 heteroatoms. The predicted octanol–water partition coefficient (Wildman–Crippen LogP) is 1.24. The van der Waals surface area contributed by atoms with E-state index in [2.05, 4.69) is 43.7 Å². The lowest BCUT2D eigenvalue weighted by Crippen LogP contribution is -2.36. The predicted molar refractivity (Wildman–Crippen MR) is 120 cm³/mol. The monoisotopic (exact) mass is 435 g/mol. The molecule has 1 unspecified atom stereocenters. The van der Waals surface area contributed by atoms with Crippen LogP contribution in [0.5, 0.6) is 0 Å². The van der Waals surface area contributed by atoms with Crippen molar-refractivity contribution in [1.82, 2.24) is 14.5 Å². The van der Waals surface area contributed by atoms with Gasteiger partial charge in [0.25, 0.3) is 0 Å². The molecular formula is C22H25N7O3. The van der Waals surface area contributed by atoms with Gasteiger partial charge >= 0.3 is 0 Å². The van der Waals surface area contributed by atoms with Crippen LogP contribution in [0, 0.1) is 0 Å². The summed E-state index contributed by atoms with van der Waals surface area (Å²) in [6, 6.07) is 9.59. The van der Waals surface area contributed by atoms with Crippen molar-refractivity contribution in [3.05, 3.63) is 47.7 Å². The number of carbonyl (C=O) groups is 1. The van der Waals surface area contributed by atoms with E-state index in [1.165, 1.54) is 13.1 Å². The number of rotatable bonds is 4. The third-order valence-electron chi connectivity index (χ3n) is 5.60. The number of anilines is 3. The summed E-state index contributed by atoms with van der Waals surface area (Å²) >= 11 is 0. The molecular weight excluding hydrogens is 410 g/mol. The molecule has 3 N–H and O–H groups in total. The van der Waals surface area contributed by atoms with E-state index in [9.17, 15) is 9.90 Å². The Morgan fingerprint density at radius 1 is 1.25 bits per heavy atom. The Morgan fingerprint density at radius 3 is 2.84 bits per heavy atom. The van der Waals surface area contributed by atoms with Gasteiger partial charge in [-0.1, -0.05) is 0 Å². The van der Waals surface area contributed by atoms with Crippen molar-refractivity contribution < 1.29 is 14.6 Å². The van der Waals surface area contributed by atoms with Crippen molar-refractivity contribution in [2.45, 2.75) is 19.7 Å². The zero-order valence-corrected chi connectivity index (χ0v) is 17.8. The lowest BCUT2D eigenvalue weighted by Gasteiger charge is -2.29. The fraction of sp³-hybridized carbons (Fsp3) is 0.364. The van der Waals surface area contributed by atoms with E-state index in [1.807, 2.05) is 4.57 Å². The molecule has 1 aromatic carbocycles. The van der Waals surface area contributed by atoms with Crippen LogP contribution in [0.1, 0.15) is 18.7 Å². The van der Waals surface area contributed by atoms with Gasteiger partial charge in [0.05, 0.1) is 18.7 Å². The summed E-state index contributed by atoms with van der Waals surface area (Å²) in [5, 5.41) is 17.8. The highest BCUT2D eigenvalue weighted by Gasteiger charge is 2.18. The minimum absolute atomic E-state index is 0.202. The van der Waals surface area contributed by atoms with Gasteiger partial charge < -0.3 is 25.4 Å². The maximum absolute atomic E-state index is 11.2. The van der Waals surface area contributed by atoms with Crippen molar-refractivity contribution in [2.24, 2.45) is 4.99 Å². The molecule has 2 aliphatic rings. The van der Waals surface area contributed by atoms with Crippen LogP contribution < -0.4 is 21.2 Å². The number of hydrogen-bond donors (Lipinski definition) is 3. The first-order valence-electron chi connectivity index (χ1n) is 10.6. The van der Waals surface area contributed by atoms with Gasteiger partial charge in [0.15, 0.2) is 6.23 Å². The van der Waals surface area contributed by atoms with Gasteiger partial charge in [0.2, 0.25) is 11.5 Å². The smallest absolute Gasteiger partial charge is 0.229 e. The quantitative estimate of drug-likeness (QED) is 0.565. The molecule has 0 radical (unpaired) electrons. The summed E-state index contributed by atoms with van der Waals surface area (Å²) < 4.78 is 7.45. The largest absolute Gasteiger partial charge is 0.378 e. The molecule has 0 spiro atoms. The average Bonchev–Trinajstić information content (AvgIpc) is 3.30. The molecule has 0 bridgehead atoms. The first-order valence-corrected chi connectivity index (χ1v) is 10.6. The van der Waals surface area contributed by atoms with E-state index in [1.54, 1.807) is 12.1 Å². The van der Waals surface area contributed by atoms with Crippen LogP contribution in [0.15, 0.2) is 41.5 Å². The van der Waals surface area contributed by atoms with Crippen molar-refractivity contribution >= 4 is 34.1 Å². The van der Waals surface area contributed by atoms with Gasteiger partial charge in [-0.05, 0) is 30.3 Å². The highest BCUT2D eigenvalue weighted by molar-refractivity contribution is 5.92. The number of aromatic nitrogens is 3. The van der Waals surface area contributed by atoms with Crippen molar-refractivity contribution in [3.8, 4) is 0 Å². The van der Waals surface area contributed by atoms with Crippen molar-refractivity contribution in [2.75, 3.05) is 48.4 Å². The molecule has 1 saturated heterocycles. The first-order chi connectivity index (χ1) is 15.6. The van der Waals surface area contributed by atoms with E-state index in [4.69, 9.17) is 9.72 Å². The SMILES string of the molecule is CC(=O)Nc1ccc(C(O)N=c2nc3cc(N4CCOCC4)ccc3c3n2CCN3)cn1. The van der Waals surface area contributed by atoms with Gasteiger partial charge in [-0.3, -0.25) is 9.36 Å². The Kier molecular flexibility index (Phi) is 5.46. The van der Waals surface area contributed by atoms with Crippen LogP contribution in [-0.4, -0.2) is 58.4 Å². The van der Waals surface area contributed by atoms with Gasteiger partial charge in [-0.15, -0.1) is 0 Å². The summed E-state index contributed by atoms with van der Waals surface area (Å²) in [6.07, 6.45) is 0.374. The fourth-order valence-electron chi connectivity index (χ4n) is 4.03. The minimum atomic E-state index is -1.13. The fourth-order valence-corrected chi connectivity index (χ4v) is 4.03. The lowest BCUT2D eigenvalue weighted by atomic mass is 10.2. The Bertz CT molecular complexity index is 1220.